The van der Waals surface area contributed by atoms with Crippen LogP contribution in [-0.2, 0) is 9.53 Å². The summed E-state index contributed by atoms with van der Waals surface area (Å²) in [6, 6.07) is 14.7. The van der Waals surface area contributed by atoms with Gasteiger partial charge < -0.3 is 14.2 Å². The zero-order chi connectivity index (χ0) is 18.7. The summed E-state index contributed by atoms with van der Waals surface area (Å²) in [7, 11) is 4.78. The number of amides is 1. The molecule has 0 N–H and O–H groups in total. The van der Waals surface area contributed by atoms with Crippen molar-refractivity contribution < 1.29 is 19.0 Å². The number of carbonyl (C=O) groups excluding carboxylic acids is 1. The molecule has 3 rings (SSSR count). The van der Waals surface area contributed by atoms with E-state index in [0.29, 0.717) is 0 Å². The van der Waals surface area contributed by atoms with Gasteiger partial charge in [0.2, 0.25) is 0 Å². The average molecular weight is 354 g/mol. The van der Waals surface area contributed by atoms with Gasteiger partial charge in [0.15, 0.2) is 5.60 Å². The second-order valence-electron chi connectivity index (χ2n) is 6.15. The third-order valence-corrected chi connectivity index (χ3v) is 4.70. The molecule has 26 heavy (non-hydrogen) atoms. The molecule has 2 atom stereocenters. The third kappa shape index (κ3) is 3.04. The first-order valence-electron chi connectivity index (χ1n) is 8.24. The van der Waals surface area contributed by atoms with E-state index in [9.17, 15) is 4.79 Å². The Hall–Kier alpha value is -2.86. The van der Waals surface area contributed by atoms with Crippen molar-refractivity contribution in [3.05, 3.63) is 59.7 Å². The van der Waals surface area contributed by atoms with Gasteiger partial charge in [-0.1, -0.05) is 12.1 Å². The lowest BCUT2D eigenvalue weighted by Crippen LogP contribution is -2.65. The highest BCUT2D eigenvalue weighted by atomic mass is 16.5. The summed E-state index contributed by atoms with van der Waals surface area (Å²) in [6.45, 7) is 1.78. The predicted molar refractivity (Wildman–Crippen MR) is 98.6 cm³/mol. The Labute approximate surface area is 153 Å². The van der Waals surface area contributed by atoms with Crippen molar-refractivity contribution in [2.75, 3.05) is 21.3 Å². The zero-order valence-electron chi connectivity index (χ0n) is 15.3. The van der Waals surface area contributed by atoms with Gasteiger partial charge in [-0.2, -0.15) is 5.10 Å². The normalized spacial score (nSPS) is 22.4. The molecule has 1 heterocycles. The van der Waals surface area contributed by atoms with Gasteiger partial charge in [0.25, 0.3) is 5.91 Å². The van der Waals surface area contributed by atoms with Crippen molar-refractivity contribution in [2.45, 2.75) is 18.6 Å². The predicted octanol–water partition coefficient (Wildman–Crippen LogP) is 3.03. The number of benzene rings is 2. The van der Waals surface area contributed by atoms with Crippen molar-refractivity contribution in [1.82, 2.24) is 5.01 Å². The van der Waals surface area contributed by atoms with Gasteiger partial charge in [-0.25, -0.2) is 5.01 Å². The van der Waals surface area contributed by atoms with Crippen LogP contribution in [0.1, 0.15) is 24.1 Å². The Kier molecular flexibility index (Phi) is 4.95. The first kappa shape index (κ1) is 17.9. The number of methoxy groups -OCH3 is 3. The highest BCUT2D eigenvalue weighted by Gasteiger charge is 2.59. The molecule has 0 aromatic heterocycles. The molecule has 1 fully saturated rings. The van der Waals surface area contributed by atoms with Crippen LogP contribution >= 0.6 is 0 Å². The molecule has 0 radical (unpaired) electrons. The maximum Gasteiger partial charge on any atom is 0.277 e. The van der Waals surface area contributed by atoms with E-state index < -0.39 is 5.60 Å². The number of β-lactam (4-membered cyclic amide) rings is 1. The number of nitrogens with zero attached hydrogens (tertiary/aromatic N) is 2. The topological polar surface area (TPSA) is 60.4 Å². The fourth-order valence-electron chi connectivity index (χ4n) is 3.01. The lowest BCUT2D eigenvalue weighted by atomic mass is 9.81. The quantitative estimate of drug-likeness (QED) is 0.591. The van der Waals surface area contributed by atoms with Gasteiger partial charge in [0.05, 0.1) is 20.4 Å². The molecule has 6 heteroatoms. The first-order valence-corrected chi connectivity index (χ1v) is 8.24. The SMILES string of the molecule is COc1ccc(/C=N/N2C(=O)[C@](C)(OC)[C@H]2c2ccc(OC)cc2)cc1. The van der Waals surface area contributed by atoms with E-state index in [1.807, 2.05) is 48.5 Å². The molecular weight excluding hydrogens is 332 g/mol. The Morgan fingerprint density at radius 1 is 0.962 bits per heavy atom. The maximum atomic E-state index is 12.6. The summed E-state index contributed by atoms with van der Waals surface area (Å²) >= 11 is 0. The number of carbonyl (C=O) groups is 1. The number of hydrazone groups is 1. The van der Waals surface area contributed by atoms with Crippen LogP contribution in [0, 0.1) is 0 Å². The van der Waals surface area contributed by atoms with E-state index in [1.165, 1.54) is 5.01 Å². The summed E-state index contributed by atoms with van der Waals surface area (Å²) < 4.78 is 15.9. The van der Waals surface area contributed by atoms with E-state index in [1.54, 1.807) is 34.5 Å². The number of ether oxygens (including phenoxy) is 3. The van der Waals surface area contributed by atoms with E-state index in [-0.39, 0.29) is 11.9 Å². The monoisotopic (exact) mass is 354 g/mol. The van der Waals surface area contributed by atoms with Crippen LogP contribution in [0.15, 0.2) is 53.6 Å². The van der Waals surface area contributed by atoms with Gasteiger partial charge in [0.1, 0.15) is 17.5 Å². The minimum atomic E-state index is -0.939. The highest BCUT2D eigenvalue weighted by Crippen LogP contribution is 2.45. The Morgan fingerprint density at radius 3 is 2.00 bits per heavy atom. The van der Waals surface area contributed by atoms with E-state index >= 15 is 0 Å². The molecule has 0 saturated carbocycles. The van der Waals surface area contributed by atoms with Crippen LogP contribution in [-0.4, -0.2) is 44.1 Å². The van der Waals surface area contributed by atoms with E-state index in [2.05, 4.69) is 5.10 Å². The maximum absolute atomic E-state index is 12.6. The molecule has 0 aliphatic carbocycles. The van der Waals surface area contributed by atoms with Gasteiger partial charge in [0, 0.05) is 7.11 Å². The smallest absolute Gasteiger partial charge is 0.277 e. The third-order valence-electron chi connectivity index (χ3n) is 4.70. The highest BCUT2D eigenvalue weighted by molar-refractivity contribution is 5.94. The molecule has 0 bridgehead atoms. The van der Waals surface area contributed by atoms with Crippen molar-refractivity contribution in [3.8, 4) is 11.5 Å². The van der Waals surface area contributed by atoms with Crippen LogP contribution in [0.4, 0.5) is 0 Å². The standard InChI is InChI=1S/C20H22N2O4/c1-20(26-4)18(15-7-11-17(25-3)12-8-15)22(19(20)23)21-13-14-5-9-16(24-2)10-6-14/h5-13,18H,1-4H3/b21-13+/t18-,20-/m1/s1. The van der Waals surface area contributed by atoms with Gasteiger partial charge >= 0.3 is 0 Å². The van der Waals surface area contributed by atoms with Crippen LogP contribution in [0.5, 0.6) is 11.5 Å². The first-order chi connectivity index (χ1) is 12.5. The molecule has 1 amide bonds. The Balaban J connectivity index is 1.86. The molecule has 0 spiro atoms. The molecule has 2 aromatic rings. The second kappa shape index (κ2) is 7.17. The second-order valence-corrected chi connectivity index (χ2v) is 6.15. The van der Waals surface area contributed by atoms with Gasteiger partial charge in [-0.15, -0.1) is 0 Å². The fraction of sp³-hybridized carbons (Fsp3) is 0.300. The van der Waals surface area contributed by atoms with Gasteiger partial charge in [-0.3, -0.25) is 4.79 Å². The molecule has 2 aromatic carbocycles. The van der Waals surface area contributed by atoms with Gasteiger partial charge in [-0.05, 0) is 54.4 Å². The molecule has 6 nitrogen and oxygen atoms in total. The summed E-state index contributed by atoms with van der Waals surface area (Å²) in [5, 5.41) is 5.84. The summed E-state index contributed by atoms with van der Waals surface area (Å²) in [6.07, 6.45) is 1.66. The minimum absolute atomic E-state index is 0.175. The Bertz CT molecular complexity index is 802. The molecule has 136 valence electrons. The summed E-state index contributed by atoms with van der Waals surface area (Å²) in [5.41, 5.74) is 0.867. The van der Waals surface area contributed by atoms with Crippen molar-refractivity contribution in [2.24, 2.45) is 5.10 Å². The minimum Gasteiger partial charge on any atom is -0.497 e. The Morgan fingerprint density at radius 2 is 1.50 bits per heavy atom. The van der Waals surface area contributed by atoms with Crippen molar-refractivity contribution >= 4 is 12.1 Å². The number of hydrogen-bond acceptors (Lipinski definition) is 5. The van der Waals surface area contributed by atoms with Crippen LogP contribution in [0.25, 0.3) is 0 Å². The largest absolute Gasteiger partial charge is 0.497 e. The lowest BCUT2D eigenvalue weighted by molar-refractivity contribution is -0.195. The van der Waals surface area contributed by atoms with Crippen molar-refractivity contribution in [3.63, 3.8) is 0 Å². The van der Waals surface area contributed by atoms with Crippen LogP contribution in [0.3, 0.4) is 0 Å². The molecule has 0 unspecified atom stereocenters. The molecular formula is C20H22N2O4. The van der Waals surface area contributed by atoms with Crippen LogP contribution < -0.4 is 9.47 Å². The molecule has 1 aliphatic heterocycles. The number of rotatable bonds is 6. The van der Waals surface area contributed by atoms with Crippen LogP contribution in [0.2, 0.25) is 0 Å². The molecule has 1 aliphatic rings. The van der Waals surface area contributed by atoms with E-state index in [4.69, 9.17) is 14.2 Å². The number of hydrogen-bond donors (Lipinski definition) is 0. The fourth-order valence-corrected chi connectivity index (χ4v) is 3.01. The lowest BCUT2D eigenvalue weighted by Gasteiger charge is -2.50. The summed E-state index contributed by atoms with van der Waals surface area (Å²) in [4.78, 5) is 12.6. The zero-order valence-corrected chi connectivity index (χ0v) is 15.3. The van der Waals surface area contributed by atoms with E-state index in [0.717, 1.165) is 22.6 Å². The molecule has 1 saturated heterocycles. The van der Waals surface area contributed by atoms with Crippen molar-refractivity contribution in [1.29, 1.82) is 0 Å². The summed E-state index contributed by atoms with van der Waals surface area (Å²) in [5.74, 6) is 1.35. The average Bonchev–Trinajstić information content (AvgIpc) is 2.70.